The largest absolute Gasteiger partial charge is 0.440 e. The van der Waals surface area contributed by atoms with E-state index in [0.717, 1.165) is 40.1 Å². The average molecular weight is 325 g/mol. The monoisotopic (exact) mass is 325 g/mol. The zero-order valence-corrected chi connectivity index (χ0v) is 14.1. The summed E-state index contributed by atoms with van der Waals surface area (Å²) < 4.78 is 5.84. The lowest BCUT2D eigenvalue weighted by molar-refractivity contribution is 0.509. The average Bonchev–Trinajstić information content (AvgIpc) is 3.20. The van der Waals surface area contributed by atoms with Crippen LogP contribution in [0.15, 0.2) is 34.9 Å². The van der Waals surface area contributed by atoms with Gasteiger partial charge in [0.1, 0.15) is 5.01 Å². The van der Waals surface area contributed by atoms with Gasteiger partial charge in [-0.1, -0.05) is 0 Å². The number of benzene rings is 1. The predicted molar refractivity (Wildman–Crippen MR) is 92.8 cm³/mol. The third-order valence-electron chi connectivity index (χ3n) is 4.14. The molecule has 3 aromatic rings. The summed E-state index contributed by atoms with van der Waals surface area (Å²) >= 11 is 1.75. The van der Waals surface area contributed by atoms with E-state index in [0.29, 0.717) is 5.92 Å². The Balaban J connectivity index is 1.42. The Hall–Kier alpha value is -2.14. The van der Waals surface area contributed by atoms with Crippen LogP contribution in [0.2, 0.25) is 0 Å². The number of aromatic nitrogens is 2. The number of hydrogen-bond donors (Lipinski definition) is 1. The minimum atomic E-state index is 0.551. The minimum Gasteiger partial charge on any atom is -0.440 e. The van der Waals surface area contributed by atoms with Gasteiger partial charge in [-0.05, 0) is 51.0 Å². The van der Waals surface area contributed by atoms with Gasteiger partial charge >= 0.3 is 0 Å². The second-order valence-corrected chi connectivity index (χ2v) is 7.30. The lowest BCUT2D eigenvalue weighted by atomic mass is 10.2. The van der Waals surface area contributed by atoms with Gasteiger partial charge in [0, 0.05) is 22.0 Å². The molecule has 1 N–H and O–H groups in total. The van der Waals surface area contributed by atoms with Gasteiger partial charge < -0.3 is 9.73 Å². The molecule has 118 valence electrons. The van der Waals surface area contributed by atoms with E-state index in [1.807, 2.05) is 6.20 Å². The molecule has 5 heteroatoms. The second kappa shape index (κ2) is 5.81. The molecular weight excluding hydrogens is 306 g/mol. The van der Waals surface area contributed by atoms with E-state index < -0.39 is 0 Å². The fraction of sp³-hybridized carbons (Fsp3) is 0.333. The first-order chi connectivity index (χ1) is 11.2. The van der Waals surface area contributed by atoms with Crippen molar-refractivity contribution >= 4 is 17.0 Å². The van der Waals surface area contributed by atoms with Crippen molar-refractivity contribution in [2.45, 2.75) is 39.2 Å². The van der Waals surface area contributed by atoms with E-state index in [1.165, 1.54) is 17.7 Å². The van der Waals surface area contributed by atoms with Crippen molar-refractivity contribution in [1.29, 1.82) is 0 Å². The first-order valence-electron chi connectivity index (χ1n) is 7.92. The molecule has 1 aliphatic carbocycles. The molecule has 2 heterocycles. The fourth-order valence-corrected chi connectivity index (χ4v) is 3.36. The third kappa shape index (κ3) is 3.15. The van der Waals surface area contributed by atoms with Crippen molar-refractivity contribution in [3.63, 3.8) is 0 Å². The molecule has 0 radical (unpaired) electrons. The van der Waals surface area contributed by atoms with Crippen LogP contribution in [0.4, 0.5) is 5.69 Å². The van der Waals surface area contributed by atoms with Crippen molar-refractivity contribution < 1.29 is 4.42 Å². The van der Waals surface area contributed by atoms with Crippen LogP contribution in [-0.4, -0.2) is 9.97 Å². The van der Waals surface area contributed by atoms with Crippen LogP contribution in [0.3, 0.4) is 0 Å². The number of anilines is 1. The molecule has 0 atom stereocenters. The van der Waals surface area contributed by atoms with Crippen LogP contribution in [0, 0.1) is 13.8 Å². The van der Waals surface area contributed by atoms with Crippen LogP contribution in [0.25, 0.3) is 11.3 Å². The van der Waals surface area contributed by atoms with Gasteiger partial charge in [0.2, 0.25) is 0 Å². The maximum atomic E-state index is 5.84. The predicted octanol–water partition coefficient (Wildman–Crippen LogP) is 4.90. The number of nitrogens with zero attached hydrogens (tertiary/aromatic N) is 2. The summed E-state index contributed by atoms with van der Waals surface area (Å²) in [5.74, 6) is 2.29. The van der Waals surface area contributed by atoms with E-state index in [-0.39, 0.29) is 0 Å². The van der Waals surface area contributed by atoms with Crippen LogP contribution in [0.1, 0.15) is 40.2 Å². The van der Waals surface area contributed by atoms with Crippen LogP contribution in [0.5, 0.6) is 0 Å². The molecule has 0 amide bonds. The Labute approximate surface area is 139 Å². The number of hydrogen-bond acceptors (Lipinski definition) is 5. The van der Waals surface area contributed by atoms with Gasteiger partial charge in [0.15, 0.2) is 11.7 Å². The van der Waals surface area contributed by atoms with Gasteiger partial charge in [0.05, 0.1) is 18.4 Å². The summed E-state index contributed by atoms with van der Waals surface area (Å²) in [6.07, 6.45) is 4.24. The minimum absolute atomic E-state index is 0.551. The van der Waals surface area contributed by atoms with E-state index in [1.54, 1.807) is 11.3 Å². The molecule has 0 spiro atoms. The second-order valence-electron chi connectivity index (χ2n) is 6.02. The zero-order chi connectivity index (χ0) is 15.8. The van der Waals surface area contributed by atoms with Crippen molar-refractivity contribution in [2.24, 2.45) is 0 Å². The van der Waals surface area contributed by atoms with Crippen molar-refractivity contribution in [3.05, 3.63) is 51.9 Å². The Morgan fingerprint density at radius 2 is 2.00 bits per heavy atom. The van der Waals surface area contributed by atoms with E-state index in [4.69, 9.17) is 4.42 Å². The highest BCUT2D eigenvalue weighted by molar-refractivity contribution is 7.11. The molecule has 0 unspecified atom stereocenters. The number of rotatable bonds is 5. The van der Waals surface area contributed by atoms with Crippen molar-refractivity contribution in [3.8, 4) is 11.3 Å². The molecular formula is C18H19N3OS. The maximum Gasteiger partial charge on any atom is 0.198 e. The molecule has 0 bridgehead atoms. The number of nitrogens with one attached hydrogen (secondary N) is 1. The van der Waals surface area contributed by atoms with E-state index >= 15 is 0 Å². The highest BCUT2D eigenvalue weighted by Crippen LogP contribution is 2.40. The molecule has 23 heavy (non-hydrogen) atoms. The van der Waals surface area contributed by atoms with Gasteiger partial charge in [0.25, 0.3) is 0 Å². The molecule has 1 saturated carbocycles. The van der Waals surface area contributed by atoms with Crippen LogP contribution >= 0.6 is 11.3 Å². The summed E-state index contributed by atoms with van der Waals surface area (Å²) in [4.78, 5) is 10.2. The SMILES string of the molecule is Cc1nc(CNc2ccc(-c3cnc(C4CC4)o3)cc2)sc1C. The van der Waals surface area contributed by atoms with Gasteiger partial charge in [-0.3, -0.25) is 0 Å². The smallest absolute Gasteiger partial charge is 0.198 e. The fourth-order valence-electron chi connectivity index (χ4n) is 2.48. The topological polar surface area (TPSA) is 51.0 Å². The molecule has 2 aromatic heterocycles. The summed E-state index contributed by atoms with van der Waals surface area (Å²) in [7, 11) is 0. The zero-order valence-electron chi connectivity index (χ0n) is 13.3. The quantitative estimate of drug-likeness (QED) is 0.724. The molecule has 0 aliphatic heterocycles. The Kier molecular flexibility index (Phi) is 3.65. The highest BCUT2D eigenvalue weighted by Gasteiger charge is 2.28. The Morgan fingerprint density at radius 1 is 1.22 bits per heavy atom. The molecule has 0 saturated heterocycles. The van der Waals surface area contributed by atoms with Crippen molar-refractivity contribution in [1.82, 2.24) is 9.97 Å². The molecule has 1 aliphatic rings. The van der Waals surface area contributed by atoms with Gasteiger partial charge in [-0.15, -0.1) is 11.3 Å². The number of thiazole rings is 1. The molecule has 4 nitrogen and oxygen atoms in total. The number of oxazole rings is 1. The maximum absolute atomic E-state index is 5.84. The molecule has 1 fully saturated rings. The third-order valence-corrected chi connectivity index (χ3v) is 5.21. The van der Waals surface area contributed by atoms with E-state index in [9.17, 15) is 0 Å². The Bertz CT molecular complexity index is 796. The lowest BCUT2D eigenvalue weighted by Gasteiger charge is -2.05. The van der Waals surface area contributed by atoms with E-state index in [2.05, 4.69) is 53.4 Å². The first-order valence-corrected chi connectivity index (χ1v) is 8.73. The Morgan fingerprint density at radius 3 is 2.65 bits per heavy atom. The molecule has 1 aromatic carbocycles. The summed E-state index contributed by atoms with van der Waals surface area (Å²) in [6.45, 7) is 4.92. The van der Waals surface area contributed by atoms with Crippen LogP contribution < -0.4 is 5.32 Å². The van der Waals surface area contributed by atoms with Gasteiger partial charge in [-0.2, -0.15) is 0 Å². The van der Waals surface area contributed by atoms with Crippen molar-refractivity contribution in [2.75, 3.05) is 5.32 Å². The highest BCUT2D eigenvalue weighted by atomic mass is 32.1. The standard InChI is InChI=1S/C18H19N3OS/c1-11-12(2)23-17(21-11)10-19-15-7-5-13(6-8-15)16-9-20-18(22-16)14-3-4-14/h5-9,14,19H,3-4,10H2,1-2H3. The summed E-state index contributed by atoms with van der Waals surface area (Å²) in [6, 6.07) is 8.28. The first kappa shape index (κ1) is 14.5. The van der Waals surface area contributed by atoms with Crippen LogP contribution in [-0.2, 0) is 6.54 Å². The lowest BCUT2D eigenvalue weighted by Crippen LogP contribution is -1.98. The summed E-state index contributed by atoms with van der Waals surface area (Å²) in [5.41, 5.74) is 3.27. The normalized spacial score (nSPS) is 14.2. The molecule has 4 rings (SSSR count). The number of aryl methyl sites for hydroxylation is 2. The summed E-state index contributed by atoms with van der Waals surface area (Å²) in [5, 5.41) is 4.53. The van der Waals surface area contributed by atoms with Gasteiger partial charge in [-0.25, -0.2) is 9.97 Å².